The van der Waals surface area contributed by atoms with Crippen molar-refractivity contribution < 1.29 is 10.2 Å². The first-order valence-corrected chi connectivity index (χ1v) is 5.47. The number of unbranched alkanes of at least 4 members (excludes halogenated alkanes) is 5. The summed E-state index contributed by atoms with van der Waals surface area (Å²) in [5, 5.41) is 17.9. The fourth-order valence-corrected chi connectivity index (χ4v) is 1.36. The van der Waals surface area contributed by atoms with Gasteiger partial charge in [-0.25, -0.2) is 0 Å². The lowest BCUT2D eigenvalue weighted by Crippen LogP contribution is -2.55. The second-order valence-electron chi connectivity index (χ2n) is 3.95. The van der Waals surface area contributed by atoms with Gasteiger partial charge in [0.05, 0.1) is 6.04 Å². The monoisotopic (exact) mass is 204 g/mol. The number of hydrogen-bond acceptors (Lipinski definition) is 4. The summed E-state index contributed by atoms with van der Waals surface area (Å²) in [7, 11) is 0. The van der Waals surface area contributed by atoms with Gasteiger partial charge in [0.2, 0.25) is 5.91 Å². The molecule has 0 aliphatic rings. The standard InChI is InChI=1S/C10H24N2O2/c1-2-3-4-5-6-7-8-9(11)10(12,13)14/h9,13-14H,2-8,11-12H2,1H3. The first-order valence-electron chi connectivity index (χ1n) is 5.47. The molecular formula is C10H24N2O2. The van der Waals surface area contributed by atoms with Gasteiger partial charge < -0.3 is 15.9 Å². The van der Waals surface area contributed by atoms with Crippen LogP contribution in [0.1, 0.15) is 51.9 Å². The van der Waals surface area contributed by atoms with Gasteiger partial charge in [0.15, 0.2) is 0 Å². The summed E-state index contributed by atoms with van der Waals surface area (Å²) in [6.45, 7) is 2.18. The van der Waals surface area contributed by atoms with Crippen LogP contribution in [-0.2, 0) is 0 Å². The van der Waals surface area contributed by atoms with E-state index in [0.29, 0.717) is 6.42 Å². The van der Waals surface area contributed by atoms with Crippen LogP contribution in [0.4, 0.5) is 0 Å². The van der Waals surface area contributed by atoms with E-state index in [0.717, 1.165) is 12.8 Å². The highest BCUT2D eigenvalue weighted by Crippen LogP contribution is 2.10. The van der Waals surface area contributed by atoms with Gasteiger partial charge in [-0.1, -0.05) is 45.4 Å². The van der Waals surface area contributed by atoms with E-state index in [9.17, 15) is 0 Å². The molecule has 0 heterocycles. The Bertz CT molecular complexity index is 135. The number of rotatable bonds is 8. The molecule has 0 bridgehead atoms. The molecule has 4 heteroatoms. The van der Waals surface area contributed by atoms with Gasteiger partial charge in [-0.15, -0.1) is 0 Å². The van der Waals surface area contributed by atoms with Crippen LogP contribution in [-0.4, -0.2) is 22.2 Å². The predicted octanol–water partition coefficient (Wildman–Crippen LogP) is 0.661. The Hall–Kier alpha value is -0.160. The average molecular weight is 204 g/mol. The average Bonchev–Trinajstić information content (AvgIpc) is 2.09. The SMILES string of the molecule is CCCCCCCCC(N)C(N)(O)O. The van der Waals surface area contributed by atoms with Crippen LogP contribution >= 0.6 is 0 Å². The Morgan fingerprint density at radius 1 is 1.07 bits per heavy atom. The van der Waals surface area contributed by atoms with Crippen molar-refractivity contribution in [1.29, 1.82) is 0 Å². The second-order valence-corrected chi connectivity index (χ2v) is 3.95. The molecule has 0 spiro atoms. The van der Waals surface area contributed by atoms with Crippen LogP contribution in [0, 0.1) is 0 Å². The molecule has 6 N–H and O–H groups in total. The minimum Gasteiger partial charge on any atom is -0.352 e. The number of aliphatic hydroxyl groups is 2. The van der Waals surface area contributed by atoms with Crippen molar-refractivity contribution >= 4 is 0 Å². The maximum absolute atomic E-state index is 8.94. The highest BCUT2D eigenvalue weighted by Gasteiger charge is 2.25. The first-order chi connectivity index (χ1) is 6.48. The van der Waals surface area contributed by atoms with Crippen molar-refractivity contribution in [3.63, 3.8) is 0 Å². The van der Waals surface area contributed by atoms with Crippen LogP contribution in [0.5, 0.6) is 0 Å². The Labute approximate surface area is 86.3 Å². The molecule has 0 fully saturated rings. The lowest BCUT2D eigenvalue weighted by molar-refractivity contribution is -0.172. The van der Waals surface area contributed by atoms with E-state index >= 15 is 0 Å². The summed E-state index contributed by atoms with van der Waals surface area (Å²) in [6, 6.07) is -0.742. The number of hydrogen-bond donors (Lipinski definition) is 4. The topological polar surface area (TPSA) is 92.5 Å². The van der Waals surface area contributed by atoms with Crippen molar-refractivity contribution in [2.24, 2.45) is 11.5 Å². The Balaban J connectivity index is 3.28. The highest BCUT2D eigenvalue weighted by atomic mass is 16.5. The zero-order valence-electron chi connectivity index (χ0n) is 9.08. The molecule has 0 saturated heterocycles. The molecule has 1 atom stereocenters. The van der Waals surface area contributed by atoms with E-state index in [-0.39, 0.29) is 0 Å². The van der Waals surface area contributed by atoms with Crippen LogP contribution in [0.15, 0.2) is 0 Å². The molecule has 0 saturated carbocycles. The summed E-state index contributed by atoms with van der Waals surface area (Å²) in [4.78, 5) is 0. The molecule has 0 radical (unpaired) electrons. The summed E-state index contributed by atoms with van der Waals surface area (Å²) in [5.74, 6) is -2.22. The molecule has 0 aromatic carbocycles. The molecule has 14 heavy (non-hydrogen) atoms. The van der Waals surface area contributed by atoms with Gasteiger partial charge in [0.1, 0.15) is 0 Å². The Morgan fingerprint density at radius 3 is 2.07 bits per heavy atom. The van der Waals surface area contributed by atoms with Crippen molar-refractivity contribution in [2.45, 2.75) is 63.8 Å². The van der Waals surface area contributed by atoms with Crippen LogP contribution in [0.25, 0.3) is 0 Å². The fraction of sp³-hybridized carbons (Fsp3) is 1.00. The minimum atomic E-state index is -2.22. The molecule has 0 rings (SSSR count). The van der Waals surface area contributed by atoms with E-state index < -0.39 is 12.0 Å². The highest BCUT2D eigenvalue weighted by molar-refractivity contribution is 4.72. The molecule has 0 amide bonds. The fourth-order valence-electron chi connectivity index (χ4n) is 1.36. The lowest BCUT2D eigenvalue weighted by Gasteiger charge is -2.23. The molecule has 0 aromatic heterocycles. The van der Waals surface area contributed by atoms with Crippen LogP contribution in [0.3, 0.4) is 0 Å². The third-order valence-corrected chi connectivity index (χ3v) is 2.41. The predicted molar refractivity (Wildman–Crippen MR) is 57.3 cm³/mol. The molecular weight excluding hydrogens is 180 g/mol. The second kappa shape index (κ2) is 7.17. The zero-order chi connectivity index (χ0) is 11.0. The minimum absolute atomic E-state index is 0.565. The van der Waals surface area contributed by atoms with Gasteiger partial charge in [0.25, 0.3) is 0 Å². The molecule has 86 valence electrons. The summed E-state index contributed by atoms with van der Waals surface area (Å²) < 4.78 is 0. The van der Waals surface area contributed by atoms with E-state index in [4.69, 9.17) is 21.7 Å². The third kappa shape index (κ3) is 7.26. The van der Waals surface area contributed by atoms with Gasteiger partial charge in [0, 0.05) is 0 Å². The Morgan fingerprint density at radius 2 is 1.57 bits per heavy atom. The van der Waals surface area contributed by atoms with Crippen molar-refractivity contribution in [1.82, 2.24) is 0 Å². The van der Waals surface area contributed by atoms with Gasteiger partial charge in [-0.3, -0.25) is 5.73 Å². The molecule has 1 unspecified atom stereocenters. The van der Waals surface area contributed by atoms with Crippen molar-refractivity contribution in [3.8, 4) is 0 Å². The van der Waals surface area contributed by atoms with Crippen LogP contribution in [0.2, 0.25) is 0 Å². The summed E-state index contributed by atoms with van der Waals surface area (Å²) in [6.07, 6.45) is 7.50. The maximum Gasteiger partial charge on any atom is 0.235 e. The maximum atomic E-state index is 8.94. The lowest BCUT2D eigenvalue weighted by atomic mass is 10.0. The zero-order valence-corrected chi connectivity index (χ0v) is 9.08. The Kier molecular flexibility index (Phi) is 7.09. The summed E-state index contributed by atoms with van der Waals surface area (Å²) in [5.41, 5.74) is 10.5. The van der Waals surface area contributed by atoms with Crippen LogP contribution < -0.4 is 11.5 Å². The molecule has 0 aliphatic heterocycles. The quantitative estimate of drug-likeness (QED) is 0.345. The molecule has 0 aromatic rings. The first kappa shape index (κ1) is 13.8. The molecule has 0 aliphatic carbocycles. The van der Waals surface area contributed by atoms with Gasteiger partial charge in [-0.05, 0) is 6.42 Å². The molecule has 4 nitrogen and oxygen atoms in total. The van der Waals surface area contributed by atoms with E-state index in [1.807, 2.05) is 0 Å². The van der Waals surface area contributed by atoms with Crippen molar-refractivity contribution in [2.75, 3.05) is 0 Å². The van der Waals surface area contributed by atoms with Gasteiger partial charge in [-0.2, -0.15) is 0 Å². The smallest absolute Gasteiger partial charge is 0.235 e. The van der Waals surface area contributed by atoms with E-state index in [1.165, 1.54) is 25.7 Å². The van der Waals surface area contributed by atoms with E-state index in [1.54, 1.807) is 0 Å². The third-order valence-electron chi connectivity index (χ3n) is 2.41. The number of nitrogens with two attached hydrogens (primary N) is 2. The summed E-state index contributed by atoms with van der Waals surface area (Å²) >= 11 is 0. The van der Waals surface area contributed by atoms with Crippen molar-refractivity contribution in [3.05, 3.63) is 0 Å². The van der Waals surface area contributed by atoms with Gasteiger partial charge >= 0.3 is 0 Å². The van der Waals surface area contributed by atoms with E-state index in [2.05, 4.69) is 6.92 Å². The normalized spacial score (nSPS) is 14.4. The largest absolute Gasteiger partial charge is 0.352 e.